The van der Waals surface area contributed by atoms with E-state index in [0.717, 1.165) is 16.8 Å². The van der Waals surface area contributed by atoms with Crippen molar-refractivity contribution >= 4 is 11.4 Å². The zero-order valence-corrected chi connectivity index (χ0v) is 9.86. The maximum absolute atomic E-state index is 9.82. The Kier molecular flexibility index (Phi) is 2.91. The fourth-order valence-corrected chi connectivity index (χ4v) is 1.60. The molecule has 0 aliphatic rings. The number of benzene rings is 2. The smallest absolute Gasteiger partial charge is 0.139 e. The molecule has 0 aromatic heterocycles. The first-order valence-corrected chi connectivity index (χ1v) is 5.42. The molecule has 3 heteroatoms. The molecule has 0 unspecified atom stereocenters. The van der Waals surface area contributed by atoms with Gasteiger partial charge in [-0.15, -0.1) is 0 Å². The van der Waals surface area contributed by atoms with Crippen LogP contribution in [0.3, 0.4) is 0 Å². The van der Waals surface area contributed by atoms with E-state index in [1.165, 1.54) is 0 Å². The second-order valence-corrected chi connectivity index (χ2v) is 4.13. The molecule has 0 aliphatic heterocycles. The molecular weight excluding hydrogens is 214 g/mol. The third-order valence-corrected chi connectivity index (χ3v) is 2.76. The van der Waals surface area contributed by atoms with Crippen molar-refractivity contribution < 1.29 is 10.2 Å². The minimum Gasteiger partial charge on any atom is -0.508 e. The van der Waals surface area contributed by atoms with E-state index in [9.17, 15) is 10.2 Å². The van der Waals surface area contributed by atoms with Crippen LogP contribution in [0.15, 0.2) is 36.4 Å². The highest BCUT2D eigenvalue weighted by Crippen LogP contribution is 2.30. The van der Waals surface area contributed by atoms with Gasteiger partial charge in [-0.3, -0.25) is 0 Å². The zero-order chi connectivity index (χ0) is 12.4. The second-order valence-electron chi connectivity index (χ2n) is 4.13. The van der Waals surface area contributed by atoms with Gasteiger partial charge in [0.1, 0.15) is 11.5 Å². The predicted octanol–water partition coefficient (Wildman–Crippen LogP) is 3.46. The molecule has 2 rings (SSSR count). The fourth-order valence-electron chi connectivity index (χ4n) is 1.60. The maximum Gasteiger partial charge on any atom is 0.139 e. The molecule has 0 atom stereocenters. The van der Waals surface area contributed by atoms with Crippen LogP contribution in [0.4, 0.5) is 11.4 Å². The topological polar surface area (TPSA) is 52.5 Å². The van der Waals surface area contributed by atoms with Crippen LogP contribution < -0.4 is 5.32 Å². The predicted molar refractivity (Wildman–Crippen MR) is 69.0 cm³/mol. The molecule has 0 bridgehead atoms. The third kappa shape index (κ3) is 2.50. The van der Waals surface area contributed by atoms with Gasteiger partial charge in [-0.2, -0.15) is 0 Å². The van der Waals surface area contributed by atoms with Crippen molar-refractivity contribution in [2.75, 3.05) is 5.32 Å². The van der Waals surface area contributed by atoms with Gasteiger partial charge in [-0.05, 0) is 61.4 Å². The molecule has 3 nitrogen and oxygen atoms in total. The van der Waals surface area contributed by atoms with E-state index in [4.69, 9.17) is 0 Å². The summed E-state index contributed by atoms with van der Waals surface area (Å²) in [6, 6.07) is 10.3. The molecule has 2 aromatic carbocycles. The molecule has 0 amide bonds. The summed E-state index contributed by atoms with van der Waals surface area (Å²) in [7, 11) is 0. The van der Waals surface area contributed by atoms with Crippen molar-refractivity contribution in [3.8, 4) is 11.5 Å². The van der Waals surface area contributed by atoms with Crippen LogP contribution in [0.2, 0.25) is 0 Å². The molecule has 0 spiro atoms. The van der Waals surface area contributed by atoms with Gasteiger partial charge in [-0.25, -0.2) is 0 Å². The van der Waals surface area contributed by atoms with E-state index in [-0.39, 0.29) is 11.5 Å². The fraction of sp³-hybridized carbons (Fsp3) is 0.143. The number of phenols is 2. The number of phenolic OH excluding ortho intramolecular Hbond substituents is 2. The van der Waals surface area contributed by atoms with Crippen molar-refractivity contribution in [2.45, 2.75) is 13.8 Å². The van der Waals surface area contributed by atoms with Crippen LogP contribution in [0.1, 0.15) is 11.1 Å². The number of nitrogens with one attached hydrogen (secondary N) is 1. The number of anilines is 2. The van der Waals surface area contributed by atoms with Gasteiger partial charge in [0.15, 0.2) is 0 Å². The van der Waals surface area contributed by atoms with Gasteiger partial charge in [0.2, 0.25) is 0 Å². The number of aromatic hydroxyl groups is 2. The summed E-state index contributed by atoms with van der Waals surface area (Å²) < 4.78 is 0. The highest BCUT2D eigenvalue weighted by Gasteiger charge is 2.04. The summed E-state index contributed by atoms with van der Waals surface area (Å²) in [5.74, 6) is 0.445. The van der Waals surface area contributed by atoms with Crippen molar-refractivity contribution in [1.29, 1.82) is 0 Å². The molecule has 3 N–H and O–H groups in total. The normalized spacial score (nSPS) is 10.2. The summed E-state index contributed by atoms with van der Waals surface area (Å²) in [5.41, 5.74) is 3.66. The van der Waals surface area contributed by atoms with Gasteiger partial charge in [-0.1, -0.05) is 0 Å². The Morgan fingerprint density at radius 3 is 2.12 bits per heavy atom. The molecule has 17 heavy (non-hydrogen) atoms. The van der Waals surface area contributed by atoms with Crippen LogP contribution in [0, 0.1) is 13.8 Å². The highest BCUT2D eigenvalue weighted by molar-refractivity contribution is 5.67. The molecule has 0 aliphatic carbocycles. The van der Waals surface area contributed by atoms with Crippen molar-refractivity contribution in [1.82, 2.24) is 0 Å². The minimum absolute atomic E-state index is 0.222. The number of rotatable bonds is 2. The Morgan fingerprint density at radius 1 is 0.882 bits per heavy atom. The van der Waals surface area contributed by atoms with E-state index in [0.29, 0.717) is 5.69 Å². The Bertz CT molecular complexity index is 533. The Morgan fingerprint density at radius 2 is 1.47 bits per heavy atom. The molecule has 88 valence electrons. The average molecular weight is 229 g/mol. The largest absolute Gasteiger partial charge is 0.508 e. The maximum atomic E-state index is 9.82. The van der Waals surface area contributed by atoms with Crippen LogP contribution >= 0.6 is 0 Å². The van der Waals surface area contributed by atoms with Crippen LogP contribution in [-0.2, 0) is 0 Å². The van der Waals surface area contributed by atoms with E-state index in [1.54, 1.807) is 30.3 Å². The zero-order valence-electron chi connectivity index (χ0n) is 9.86. The molecule has 0 fully saturated rings. The van der Waals surface area contributed by atoms with Crippen molar-refractivity contribution in [3.05, 3.63) is 47.5 Å². The Labute approximate surface area is 100 Å². The number of hydrogen-bond donors (Lipinski definition) is 3. The highest BCUT2D eigenvalue weighted by atomic mass is 16.3. The lowest BCUT2D eigenvalue weighted by Gasteiger charge is -2.11. The van der Waals surface area contributed by atoms with Crippen molar-refractivity contribution in [3.63, 3.8) is 0 Å². The lowest BCUT2D eigenvalue weighted by molar-refractivity contribution is 0.475. The standard InChI is InChI=1S/C14H15NO2/c1-9-7-13(14(17)8-10(9)2)15-11-3-5-12(16)6-4-11/h3-8,15-17H,1-2H3. The lowest BCUT2D eigenvalue weighted by Crippen LogP contribution is -1.92. The molecule has 0 heterocycles. The Balaban J connectivity index is 2.30. The molecule has 0 radical (unpaired) electrons. The summed E-state index contributed by atoms with van der Waals surface area (Å²) in [6.07, 6.45) is 0. The second kappa shape index (κ2) is 4.37. The van der Waals surface area contributed by atoms with Gasteiger partial charge in [0, 0.05) is 5.69 Å². The molecule has 0 saturated carbocycles. The van der Waals surface area contributed by atoms with E-state index in [1.807, 2.05) is 19.9 Å². The average Bonchev–Trinajstić information content (AvgIpc) is 2.29. The van der Waals surface area contributed by atoms with Crippen LogP contribution in [0.5, 0.6) is 11.5 Å². The van der Waals surface area contributed by atoms with Gasteiger partial charge in [0.25, 0.3) is 0 Å². The quantitative estimate of drug-likeness (QED) is 0.546. The monoisotopic (exact) mass is 229 g/mol. The third-order valence-electron chi connectivity index (χ3n) is 2.76. The van der Waals surface area contributed by atoms with E-state index in [2.05, 4.69) is 5.32 Å². The molecule has 0 saturated heterocycles. The van der Waals surface area contributed by atoms with Crippen LogP contribution in [0.25, 0.3) is 0 Å². The van der Waals surface area contributed by atoms with E-state index >= 15 is 0 Å². The van der Waals surface area contributed by atoms with Gasteiger partial charge >= 0.3 is 0 Å². The first-order chi connectivity index (χ1) is 8.06. The molecular formula is C14H15NO2. The van der Waals surface area contributed by atoms with E-state index < -0.39 is 0 Å². The van der Waals surface area contributed by atoms with Crippen LogP contribution in [-0.4, -0.2) is 10.2 Å². The summed E-state index contributed by atoms with van der Waals surface area (Å²) in [6.45, 7) is 3.95. The first kappa shape index (κ1) is 11.3. The summed E-state index contributed by atoms with van der Waals surface area (Å²) >= 11 is 0. The van der Waals surface area contributed by atoms with Crippen molar-refractivity contribution in [2.24, 2.45) is 0 Å². The molecule has 2 aromatic rings. The lowest BCUT2D eigenvalue weighted by atomic mass is 10.1. The Hall–Kier alpha value is -2.16. The van der Waals surface area contributed by atoms with Gasteiger partial charge < -0.3 is 15.5 Å². The summed E-state index contributed by atoms with van der Waals surface area (Å²) in [5, 5.41) is 22.1. The minimum atomic E-state index is 0.222. The summed E-state index contributed by atoms with van der Waals surface area (Å²) in [4.78, 5) is 0. The number of aryl methyl sites for hydroxylation is 2. The first-order valence-electron chi connectivity index (χ1n) is 5.42. The van der Waals surface area contributed by atoms with Gasteiger partial charge in [0.05, 0.1) is 5.69 Å². The number of hydrogen-bond acceptors (Lipinski definition) is 3. The SMILES string of the molecule is Cc1cc(O)c(Nc2ccc(O)cc2)cc1C.